The second-order valence-electron chi connectivity index (χ2n) is 3.56. The first kappa shape index (κ1) is 10.4. The summed E-state index contributed by atoms with van der Waals surface area (Å²) in [5.41, 5.74) is 2.62. The third kappa shape index (κ3) is 2.25. The van der Waals surface area contributed by atoms with Gasteiger partial charge in [0.15, 0.2) is 0 Å². The summed E-state index contributed by atoms with van der Waals surface area (Å²) in [5, 5.41) is 4.23. The van der Waals surface area contributed by atoms with Crippen LogP contribution in [-0.4, -0.2) is 16.1 Å². The fraction of sp³-hybridized carbons (Fsp3) is 0.0769. The van der Waals surface area contributed by atoms with Gasteiger partial charge in [-0.2, -0.15) is 5.10 Å². The zero-order chi connectivity index (χ0) is 11.4. The van der Waals surface area contributed by atoms with Crippen LogP contribution in [0.3, 0.4) is 0 Å². The first-order valence-electron chi connectivity index (χ1n) is 5.03. The summed E-state index contributed by atoms with van der Waals surface area (Å²) in [6.45, 7) is 1.77. The Morgan fingerprint density at radius 1 is 1.31 bits per heavy atom. The molecule has 0 fully saturated rings. The number of aldehydes is 1. The van der Waals surface area contributed by atoms with Gasteiger partial charge in [-0.15, -0.1) is 0 Å². The van der Waals surface area contributed by atoms with E-state index in [1.165, 1.54) is 0 Å². The molecule has 2 rings (SSSR count). The molecule has 0 amide bonds. The molecule has 1 heterocycles. The Bertz CT molecular complexity index is 512. The molecular weight excluding hydrogens is 200 g/mol. The van der Waals surface area contributed by atoms with Gasteiger partial charge < -0.3 is 0 Å². The number of hydrogen-bond acceptors (Lipinski definition) is 2. The van der Waals surface area contributed by atoms with E-state index in [1.54, 1.807) is 23.9 Å². The zero-order valence-electron chi connectivity index (χ0n) is 9.00. The molecule has 0 aliphatic heterocycles. The van der Waals surface area contributed by atoms with Gasteiger partial charge in [0.05, 0.1) is 11.9 Å². The molecule has 0 radical (unpaired) electrons. The van der Waals surface area contributed by atoms with Crippen LogP contribution >= 0.6 is 0 Å². The number of benzene rings is 1. The number of carbonyl (C=O) groups is 1. The van der Waals surface area contributed by atoms with Crippen molar-refractivity contribution in [3.05, 3.63) is 53.9 Å². The lowest BCUT2D eigenvalue weighted by atomic mass is 10.2. The number of nitrogens with zero attached hydrogens (tertiary/aromatic N) is 2. The quantitative estimate of drug-likeness (QED) is 0.578. The minimum atomic E-state index is 0.688. The van der Waals surface area contributed by atoms with E-state index in [9.17, 15) is 4.79 Å². The Morgan fingerprint density at radius 2 is 2.06 bits per heavy atom. The normalized spacial score (nSPS) is 11.4. The molecule has 0 spiro atoms. The number of carbonyl (C=O) groups excluding carboxylic acids is 1. The summed E-state index contributed by atoms with van der Waals surface area (Å²) in [5.74, 6) is 0. The lowest BCUT2D eigenvalue weighted by Gasteiger charge is -1.98. The van der Waals surface area contributed by atoms with Gasteiger partial charge >= 0.3 is 0 Å². The van der Waals surface area contributed by atoms with Crippen LogP contribution in [0.15, 0.2) is 48.3 Å². The van der Waals surface area contributed by atoms with Crippen LogP contribution in [0.1, 0.15) is 12.5 Å². The number of hydrogen-bond donors (Lipinski definition) is 0. The zero-order valence-corrected chi connectivity index (χ0v) is 9.00. The van der Waals surface area contributed by atoms with Crippen LogP contribution in [-0.2, 0) is 4.79 Å². The van der Waals surface area contributed by atoms with Gasteiger partial charge in [-0.05, 0) is 30.7 Å². The highest BCUT2D eigenvalue weighted by atomic mass is 16.1. The van der Waals surface area contributed by atoms with Gasteiger partial charge in [0, 0.05) is 11.8 Å². The molecule has 0 N–H and O–H groups in total. The summed E-state index contributed by atoms with van der Waals surface area (Å²) in [6, 6.07) is 9.84. The third-order valence-corrected chi connectivity index (χ3v) is 2.20. The molecular formula is C13H12N2O. The highest BCUT2D eigenvalue weighted by molar-refractivity contribution is 5.80. The SMILES string of the molecule is CC(C=O)=Cc1cnn(-c2ccccc2)c1. The van der Waals surface area contributed by atoms with E-state index in [0.29, 0.717) is 5.57 Å². The minimum absolute atomic E-state index is 0.688. The van der Waals surface area contributed by atoms with Crippen molar-refractivity contribution in [3.8, 4) is 5.69 Å². The van der Waals surface area contributed by atoms with Crippen molar-refractivity contribution >= 4 is 12.4 Å². The molecule has 0 bridgehead atoms. The molecule has 0 unspecified atom stereocenters. The maximum Gasteiger partial charge on any atom is 0.145 e. The second-order valence-corrected chi connectivity index (χ2v) is 3.56. The van der Waals surface area contributed by atoms with Gasteiger partial charge in [0.25, 0.3) is 0 Å². The van der Waals surface area contributed by atoms with Crippen molar-refractivity contribution in [3.63, 3.8) is 0 Å². The molecule has 0 aliphatic carbocycles. The van der Waals surface area contributed by atoms with E-state index in [4.69, 9.17) is 0 Å². The Balaban J connectivity index is 2.30. The second kappa shape index (κ2) is 4.57. The van der Waals surface area contributed by atoms with Crippen LogP contribution in [0.5, 0.6) is 0 Å². The van der Waals surface area contributed by atoms with Crippen molar-refractivity contribution in [2.75, 3.05) is 0 Å². The van der Waals surface area contributed by atoms with E-state index in [-0.39, 0.29) is 0 Å². The Hall–Kier alpha value is -2.16. The van der Waals surface area contributed by atoms with Gasteiger partial charge in [-0.3, -0.25) is 4.79 Å². The molecule has 0 saturated heterocycles. The van der Waals surface area contributed by atoms with E-state index in [1.807, 2.05) is 36.5 Å². The summed E-state index contributed by atoms with van der Waals surface area (Å²) in [6.07, 6.45) is 6.27. The standard InChI is InChI=1S/C13H12N2O/c1-11(10-16)7-12-8-14-15(9-12)13-5-3-2-4-6-13/h2-10H,1H3. The van der Waals surface area contributed by atoms with Gasteiger partial charge in [0.2, 0.25) is 0 Å². The Morgan fingerprint density at radius 3 is 2.75 bits per heavy atom. The van der Waals surface area contributed by atoms with Crippen LogP contribution in [0, 0.1) is 0 Å². The van der Waals surface area contributed by atoms with Gasteiger partial charge in [-0.25, -0.2) is 4.68 Å². The van der Waals surface area contributed by atoms with E-state index >= 15 is 0 Å². The largest absolute Gasteiger partial charge is 0.298 e. The fourth-order valence-corrected chi connectivity index (χ4v) is 1.43. The number of allylic oxidation sites excluding steroid dienone is 1. The van der Waals surface area contributed by atoms with E-state index in [2.05, 4.69) is 5.10 Å². The number of rotatable bonds is 3. The molecule has 0 atom stereocenters. The molecule has 2 aromatic rings. The molecule has 0 aliphatic rings. The highest BCUT2D eigenvalue weighted by Gasteiger charge is 1.98. The average molecular weight is 212 g/mol. The first-order chi connectivity index (χ1) is 7.79. The molecule has 1 aromatic carbocycles. The molecule has 0 saturated carbocycles. The van der Waals surface area contributed by atoms with Crippen LogP contribution < -0.4 is 0 Å². The molecule has 3 heteroatoms. The fourth-order valence-electron chi connectivity index (χ4n) is 1.43. The average Bonchev–Trinajstić information content (AvgIpc) is 2.78. The summed E-state index contributed by atoms with van der Waals surface area (Å²) in [7, 11) is 0. The minimum Gasteiger partial charge on any atom is -0.298 e. The summed E-state index contributed by atoms with van der Waals surface area (Å²) in [4.78, 5) is 10.5. The van der Waals surface area contributed by atoms with Crippen LogP contribution in [0.25, 0.3) is 11.8 Å². The van der Waals surface area contributed by atoms with Crippen molar-refractivity contribution in [2.45, 2.75) is 6.92 Å². The predicted octanol–water partition coefficient (Wildman–Crippen LogP) is 2.47. The maximum absolute atomic E-state index is 10.5. The number of aromatic nitrogens is 2. The monoisotopic (exact) mass is 212 g/mol. The summed E-state index contributed by atoms with van der Waals surface area (Å²) >= 11 is 0. The van der Waals surface area contributed by atoms with Gasteiger partial charge in [-0.1, -0.05) is 18.2 Å². The topological polar surface area (TPSA) is 34.9 Å². The molecule has 3 nitrogen and oxygen atoms in total. The Labute approximate surface area is 94.0 Å². The lowest BCUT2D eigenvalue weighted by molar-refractivity contribution is -0.104. The number of para-hydroxylation sites is 1. The van der Waals surface area contributed by atoms with Crippen molar-refractivity contribution in [1.29, 1.82) is 0 Å². The maximum atomic E-state index is 10.5. The van der Waals surface area contributed by atoms with Crippen LogP contribution in [0.2, 0.25) is 0 Å². The van der Waals surface area contributed by atoms with E-state index in [0.717, 1.165) is 17.5 Å². The molecule has 1 aromatic heterocycles. The molecule has 16 heavy (non-hydrogen) atoms. The molecule has 80 valence electrons. The lowest BCUT2D eigenvalue weighted by Crippen LogP contribution is -1.92. The summed E-state index contributed by atoms with van der Waals surface area (Å²) < 4.78 is 1.78. The van der Waals surface area contributed by atoms with Crippen molar-refractivity contribution in [1.82, 2.24) is 9.78 Å². The van der Waals surface area contributed by atoms with Crippen LogP contribution in [0.4, 0.5) is 0 Å². The Kier molecular flexibility index (Phi) is 2.96. The first-order valence-corrected chi connectivity index (χ1v) is 5.03. The third-order valence-electron chi connectivity index (χ3n) is 2.20. The van der Waals surface area contributed by atoms with E-state index < -0.39 is 0 Å². The predicted molar refractivity (Wildman–Crippen MR) is 63.3 cm³/mol. The van der Waals surface area contributed by atoms with Crippen molar-refractivity contribution in [2.24, 2.45) is 0 Å². The smallest absolute Gasteiger partial charge is 0.145 e. The van der Waals surface area contributed by atoms with Gasteiger partial charge in [0.1, 0.15) is 6.29 Å². The highest BCUT2D eigenvalue weighted by Crippen LogP contribution is 2.09. The van der Waals surface area contributed by atoms with Crippen molar-refractivity contribution < 1.29 is 4.79 Å².